The summed E-state index contributed by atoms with van der Waals surface area (Å²) in [6, 6.07) is 10.7. The molecule has 0 amide bonds. The second kappa shape index (κ2) is 8.89. The van der Waals surface area contributed by atoms with Gasteiger partial charge in [0, 0.05) is 24.8 Å². The molecule has 4 N–H and O–H groups in total. The first kappa shape index (κ1) is 15.2. The summed E-state index contributed by atoms with van der Waals surface area (Å²) in [6.07, 6.45) is 3.69. The van der Waals surface area contributed by atoms with Gasteiger partial charge in [-0.2, -0.15) is 0 Å². The molecule has 0 spiro atoms. The molecule has 1 atom stereocenters. The molecule has 0 radical (unpaired) electrons. The number of hydrogen-bond donors (Lipinski definition) is 4. The molecule has 1 aromatic rings. The van der Waals surface area contributed by atoms with Crippen LogP contribution in [0.4, 0.5) is 5.69 Å². The maximum Gasteiger partial charge on any atom is 0.170 e. The van der Waals surface area contributed by atoms with E-state index in [0.717, 1.165) is 31.7 Å². The summed E-state index contributed by atoms with van der Waals surface area (Å²) in [5.41, 5.74) is 1.02. The van der Waals surface area contributed by atoms with E-state index in [-0.39, 0.29) is 0 Å². The fourth-order valence-corrected chi connectivity index (χ4v) is 2.54. The lowest BCUT2D eigenvalue weighted by Gasteiger charge is -2.12. The van der Waals surface area contributed by atoms with Crippen LogP contribution in [0.5, 0.6) is 0 Å². The number of nitrogens with one attached hydrogen (secondary N) is 4. The average Bonchev–Trinajstić information content (AvgIpc) is 2.97. The van der Waals surface area contributed by atoms with Crippen LogP contribution in [-0.4, -0.2) is 37.3 Å². The Morgan fingerprint density at radius 3 is 2.85 bits per heavy atom. The number of hydrogen-bond acceptors (Lipinski definition) is 3. The zero-order valence-electron chi connectivity index (χ0n) is 11.8. The number of benzene rings is 1. The van der Waals surface area contributed by atoms with Gasteiger partial charge in [-0.25, -0.2) is 0 Å². The van der Waals surface area contributed by atoms with Crippen LogP contribution < -0.4 is 21.3 Å². The molecular weight excluding hydrogens is 268 g/mol. The lowest BCUT2D eigenvalue weighted by atomic mass is 10.2. The Labute approximate surface area is 126 Å². The van der Waals surface area contributed by atoms with Gasteiger partial charge in [-0.3, -0.25) is 0 Å². The van der Waals surface area contributed by atoms with E-state index in [1.807, 2.05) is 30.3 Å². The molecule has 5 heteroatoms. The van der Waals surface area contributed by atoms with E-state index in [9.17, 15) is 0 Å². The van der Waals surface area contributed by atoms with E-state index < -0.39 is 0 Å². The first-order valence-corrected chi connectivity index (χ1v) is 7.79. The van der Waals surface area contributed by atoms with Crippen molar-refractivity contribution in [2.24, 2.45) is 0 Å². The summed E-state index contributed by atoms with van der Waals surface area (Å²) >= 11 is 5.25. The Morgan fingerprint density at radius 2 is 2.10 bits per heavy atom. The molecule has 1 aliphatic heterocycles. The molecule has 0 aliphatic carbocycles. The molecule has 2 rings (SSSR count). The number of para-hydroxylation sites is 1. The second-order valence-corrected chi connectivity index (χ2v) is 5.51. The molecule has 1 aromatic carbocycles. The van der Waals surface area contributed by atoms with Crippen LogP contribution in [0.2, 0.25) is 0 Å². The first-order chi connectivity index (χ1) is 9.84. The maximum absolute atomic E-state index is 5.25. The standard InChI is InChI=1S/C15H24N4S/c20-15(19-13-6-2-1-3-7-13)18-11-5-9-16-12-14-8-4-10-17-14/h1-3,6-7,14,16-17H,4-5,8-12H2,(H2,18,19,20)/t14-/m0/s1. The predicted octanol–water partition coefficient (Wildman–Crippen LogP) is 1.70. The van der Waals surface area contributed by atoms with E-state index in [0.29, 0.717) is 11.2 Å². The lowest BCUT2D eigenvalue weighted by Crippen LogP contribution is -2.36. The molecular formula is C15H24N4S. The molecule has 4 nitrogen and oxygen atoms in total. The van der Waals surface area contributed by atoms with Gasteiger partial charge in [0.25, 0.3) is 0 Å². The largest absolute Gasteiger partial charge is 0.362 e. The summed E-state index contributed by atoms with van der Waals surface area (Å²) in [7, 11) is 0. The van der Waals surface area contributed by atoms with E-state index in [2.05, 4.69) is 21.3 Å². The van der Waals surface area contributed by atoms with Crippen LogP contribution in [0.15, 0.2) is 30.3 Å². The molecule has 20 heavy (non-hydrogen) atoms. The first-order valence-electron chi connectivity index (χ1n) is 7.38. The van der Waals surface area contributed by atoms with Crippen molar-refractivity contribution >= 4 is 23.0 Å². The van der Waals surface area contributed by atoms with E-state index >= 15 is 0 Å². The third-order valence-corrected chi connectivity index (χ3v) is 3.65. The number of anilines is 1. The third-order valence-electron chi connectivity index (χ3n) is 3.40. The van der Waals surface area contributed by atoms with Crippen molar-refractivity contribution in [3.05, 3.63) is 30.3 Å². The summed E-state index contributed by atoms with van der Waals surface area (Å²) in [4.78, 5) is 0. The highest BCUT2D eigenvalue weighted by molar-refractivity contribution is 7.80. The SMILES string of the molecule is S=C(NCCCNC[C@@H]1CCCN1)Nc1ccccc1. The van der Waals surface area contributed by atoms with Crippen LogP contribution in [0.25, 0.3) is 0 Å². The van der Waals surface area contributed by atoms with Gasteiger partial charge in [-0.05, 0) is 56.7 Å². The maximum atomic E-state index is 5.25. The molecule has 1 fully saturated rings. The van der Waals surface area contributed by atoms with Crippen LogP contribution >= 0.6 is 12.2 Å². The number of thiocarbonyl (C=S) groups is 1. The van der Waals surface area contributed by atoms with Crippen LogP contribution in [-0.2, 0) is 0 Å². The van der Waals surface area contributed by atoms with E-state index in [4.69, 9.17) is 12.2 Å². The van der Waals surface area contributed by atoms with Crippen molar-refractivity contribution in [2.45, 2.75) is 25.3 Å². The van der Waals surface area contributed by atoms with E-state index in [1.165, 1.54) is 19.4 Å². The Morgan fingerprint density at radius 1 is 1.25 bits per heavy atom. The zero-order valence-corrected chi connectivity index (χ0v) is 12.6. The minimum atomic E-state index is 0.670. The highest BCUT2D eigenvalue weighted by atomic mass is 32.1. The molecule has 0 unspecified atom stereocenters. The lowest BCUT2D eigenvalue weighted by molar-refractivity contribution is 0.528. The van der Waals surface area contributed by atoms with Gasteiger partial charge in [-0.15, -0.1) is 0 Å². The summed E-state index contributed by atoms with van der Waals surface area (Å²) in [6.45, 7) is 4.17. The summed E-state index contributed by atoms with van der Waals surface area (Å²) in [5, 5.41) is 14.0. The van der Waals surface area contributed by atoms with Crippen molar-refractivity contribution in [3.63, 3.8) is 0 Å². The van der Waals surface area contributed by atoms with Gasteiger partial charge in [0.2, 0.25) is 0 Å². The van der Waals surface area contributed by atoms with Crippen molar-refractivity contribution in [1.29, 1.82) is 0 Å². The van der Waals surface area contributed by atoms with Gasteiger partial charge in [0.15, 0.2) is 5.11 Å². The fourth-order valence-electron chi connectivity index (χ4n) is 2.32. The van der Waals surface area contributed by atoms with Crippen LogP contribution in [0.1, 0.15) is 19.3 Å². The fraction of sp³-hybridized carbons (Fsp3) is 0.533. The van der Waals surface area contributed by atoms with Crippen molar-refractivity contribution in [2.75, 3.05) is 31.5 Å². The van der Waals surface area contributed by atoms with Gasteiger partial charge in [0.05, 0.1) is 0 Å². The minimum Gasteiger partial charge on any atom is -0.362 e. The molecule has 1 aliphatic rings. The highest BCUT2D eigenvalue weighted by Gasteiger charge is 2.12. The summed E-state index contributed by atoms with van der Waals surface area (Å²) in [5.74, 6) is 0. The topological polar surface area (TPSA) is 48.1 Å². The van der Waals surface area contributed by atoms with Crippen LogP contribution in [0.3, 0.4) is 0 Å². The zero-order chi connectivity index (χ0) is 14.0. The quantitative estimate of drug-likeness (QED) is 0.455. The smallest absolute Gasteiger partial charge is 0.170 e. The Kier molecular flexibility index (Phi) is 6.77. The Hall–Kier alpha value is -1.17. The molecule has 0 aromatic heterocycles. The van der Waals surface area contributed by atoms with Gasteiger partial charge in [0.1, 0.15) is 0 Å². The van der Waals surface area contributed by atoms with Gasteiger partial charge >= 0.3 is 0 Å². The van der Waals surface area contributed by atoms with Crippen molar-refractivity contribution in [1.82, 2.24) is 16.0 Å². The second-order valence-electron chi connectivity index (χ2n) is 5.10. The molecule has 0 bridgehead atoms. The highest BCUT2D eigenvalue weighted by Crippen LogP contribution is 2.04. The minimum absolute atomic E-state index is 0.670. The van der Waals surface area contributed by atoms with Gasteiger partial charge in [-0.1, -0.05) is 18.2 Å². The Bertz CT molecular complexity index is 390. The number of rotatable bonds is 7. The average molecular weight is 292 g/mol. The molecule has 0 saturated carbocycles. The van der Waals surface area contributed by atoms with Crippen molar-refractivity contribution < 1.29 is 0 Å². The van der Waals surface area contributed by atoms with Gasteiger partial charge < -0.3 is 21.3 Å². The molecule has 110 valence electrons. The van der Waals surface area contributed by atoms with Crippen molar-refractivity contribution in [3.8, 4) is 0 Å². The van der Waals surface area contributed by atoms with Crippen LogP contribution in [0, 0.1) is 0 Å². The molecule has 1 heterocycles. The Balaban J connectivity index is 1.47. The van der Waals surface area contributed by atoms with E-state index in [1.54, 1.807) is 0 Å². The normalized spacial score (nSPS) is 17.9. The third kappa shape index (κ3) is 5.86. The summed E-state index contributed by atoms with van der Waals surface area (Å²) < 4.78 is 0. The predicted molar refractivity (Wildman–Crippen MR) is 89.2 cm³/mol. The monoisotopic (exact) mass is 292 g/mol. The molecule has 1 saturated heterocycles.